The van der Waals surface area contributed by atoms with Crippen molar-refractivity contribution in [2.75, 3.05) is 0 Å². The van der Waals surface area contributed by atoms with Crippen LogP contribution in [0.5, 0.6) is 0 Å². The van der Waals surface area contributed by atoms with Gasteiger partial charge in [0, 0.05) is 16.9 Å². The molecule has 0 aliphatic heterocycles. The second kappa shape index (κ2) is 6.22. The first-order valence-electron chi connectivity index (χ1n) is 6.73. The summed E-state index contributed by atoms with van der Waals surface area (Å²) in [6, 6.07) is 21.3. The van der Waals surface area contributed by atoms with Crippen molar-refractivity contribution in [2.45, 2.75) is 6.42 Å². The maximum absolute atomic E-state index is 8.82. The van der Waals surface area contributed by atoms with E-state index < -0.39 is 0 Å². The van der Waals surface area contributed by atoms with Crippen LogP contribution in [0, 0.1) is 22.7 Å². The van der Waals surface area contributed by atoms with Gasteiger partial charge in [-0.3, -0.25) is 0 Å². The van der Waals surface area contributed by atoms with Crippen molar-refractivity contribution in [3.8, 4) is 23.4 Å². The van der Waals surface area contributed by atoms with Gasteiger partial charge in [-0.05, 0) is 47.4 Å². The van der Waals surface area contributed by atoms with Gasteiger partial charge in [0.05, 0.1) is 29.0 Å². The van der Waals surface area contributed by atoms with Crippen LogP contribution in [0.3, 0.4) is 0 Å². The summed E-state index contributed by atoms with van der Waals surface area (Å²) in [6.07, 6.45) is 0.805. The molecule has 0 saturated carbocycles. The SMILES string of the molecule is N#Cc1ccc(Cc2cc(-c3ccc(C#N)cc3)ns2)cc1. The largest absolute Gasteiger partial charge is 0.192 e. The van der Waals surface area contributed by atoms with Gasteiger partial charge in [-0.1, -0.05) is 24.3 Å². The maximum Gasteiger partial charge on any atom is 0.0991 e. The van der Waals surface area contributed by atoms with Gasteiger partial charge in [0.1, 0.15) is 0 Å². The highest BCUT2D eigenvalue weighted by atomic mass is 32.1. The molecule has 0 aliphatic carbocycles. The molecule has 1 aromatic heterocycles. The second-order valence-corrected chi connectivity index (χ2v) is 5.74. The van der Waals surface area contributed by atoms with E-state index in [9.17, 15) is 0 Å². The van der Waals surface area contributed by atoms with Crippen LogP contribution in [0.2, 0.25) is 0 Å². The van der Waals surface area contributed by atoms with Gasteiger partial charge in [0.2, 0.25) is 0 Å². The average Bonchev–Trinajstić information content (AvgIpc) is 3.04. The van der Waals surface area contributed by atoms with Crippen molar-refractivity contribution in [2.24, 2.45) is 0 Å². The number of aromatic nitrogens is 1. The molecule has 3 rings (SSSR count). The van der Waals surface area contributed by atoms with E-state index >= 15 is 0 Å². The first kappa shape index (κ1) is 14.0. The first-order chi connectivity index (χ1) is 10.8. The van der Waals surface area contributed by atoms with E-state index in [1.807, 2.05) is 36.4 Å². The quantitative estimate of drug-likeness (QED) is 0.730. The summed E-state index contributed by atoms with van der Waals surface area (Å²) in [5.41, 5.74) is 4.43. The van der Waals surface area contributed by atoms with Gasteiger partial charge in [0.15, 0.2) is 0 Å². The van der Waals surface area contributed by atoms with Crippen LogP contribution in [0.25, 0.3) is 11.3 Å². The Labute approximate surface area is 132 Å². The van der Waals surface area contributed by atoms with Crippen LogP contribution in [0.1, 0.15) is 21.6 Å². The van der Waals surface area contributed by atoms with Crippen molar-refractivity contribution in [1.82, 2.24) is 4.37 Å². The molecule has 1 heterocycles. The molecule has 0 unspecified atom stereocenters. The fraction of sp³-hybridized carbons (Fsp3) is 0.0556. The lowest BCUT2D eigenvalue weighted by Crippen LogP contribution is -1.84. The molecule has 0 fully saturated rings. The first-order valence-corrected chi connectivity index (χ1v) is 7.51. The minimum Gasteiger partial charge on any atom is -0.192 e. The number of nitriles is 2. The zero-order valence-corrected chi connectivity index (χ0v) is 12.5. The third-order valence-corrected chi connectivity index (χ3v) is 4.11. The van der Waals surface area contributed by atoms with Crippen molar-refractivity contribution in [3.63, 3.8) is 0 Å². The van der Waals surface area contributed by atoms with E-state index in [0.717, 1.165) is 23.2 Å². The minimum absolute atomic E-state index is 0.650. The predicted octanol–water partition coefficient (Wildman–Crippen LogP) is 4.14. The van der Waals surface area contributed by atoms with Crippen LogP contribution in [0.4, 0.5) is 0 Å². The zero-order chi connectivity index (χ0) is 15.4. The Kier molecular flexibility index (Phi) is 3.96. The van der Waals surface area contributed by atoms with Gasteiger partial charge < -0.3 is 0 Å². The summed E-state index contributed by atoms with van der Waals surface area (Å²) in [7, 11) is 0. The summed E-state index contributed by atoms with van der Waals surface area (Å²) >= 11 is 1.48. The molecule has 0 radical (unpaired) electrons. The standard InChI is InChI=1S/C18H11N3S/c19-11-14-3-1-13(2-4-14)9-17-10-18(21-22-17)16-7-5-15(12-20)6-8-16/h1-8,10H,9H2. The monoisotopic (exact) mass is 301 g/mol. The van der Waals surface area contributed by atoms with Crippen LogP contribution >= 0.6 is 11.5 Å². The van der Waals surface area contributed by atoms with Gasteiger partial charge in [0.25, 0.3) is 0 Å². The Balaban J connectivity index is 1.78. The molecule has 0 saturated heterocycles. The zero-order valence-electron chi connectivity index (χ0n) is 11.7. The maximum atomic E-state index is 8.82. The molecule has 0 amide bonds. The van der Waals surface area contributed by atoms with E-state index in [4.69, 9.17) is 10.5 Å². The van der Waals surface area contributed by atoms with Gasteiger partial charge in [-0.25, -0.2) is 0 Å². The molecule has 0 spiro atoms. The number of nitrogens with zero attached hydrogens (tertiary/aromatic N) is 3. The molecule has 4 heteroatoms. The lowest BCUT2D eigenvalue weighted by atomic mass is 10.1. The molecule has 104 valence electrons. The highest BCUT2D eigenvalue weighted by Gasteiger charge is 2.06. The van der Waals surface area contributed by atoms with Crippen LogP contribution < -0.4 is 0 Å². The van der Waals surface area contributed by atoms with E-state index in [1.165, 1.54) is 16.4 Å². The molecule has 3 aromatic rings. The molecule has 0 bridgehead atoms. The molecular formula is C18H11N3S. The highest BCUT2D eigenvalue weighted by molar-refractivity contribution is 7.06. The average molecular weight is 301 g/mol. The fourth-order valence-electron chi connectivity index (χ4n) is 2.15. The van der Waals surface area contributed by atoms with E-state index in [1.54, 1.807) is 12.1 Å². The third-order valence-electron chi connectivity index (χ3n) is 3.33. The van der Waals surface area contributed by atoms with E-state index in [0.29, 0.717) is 11.1 Å². The Morgan fingerprint density at radius 2 is 1.45 bits per heavy atom. The Morgan fingerprint density at radius 3 is 2.05 bits per heavy atom. The topological polar surface area (TPSA) is 60.5 Å². The van der Waals surface area contributed by atoms with Gasteiger partial charge in [-0.2, -0.15) is 14.9 Å². The van der Waals surface area contributed by atoms with Gasteiger partial charge >= 0.3 is 0 Å². The summed E-state index contributed by atoms with van der Waals surface area (Å²) in [5.74, 6) is 0. The fourth-order valence-corrected chi connectivity index (χ4v) is 2.92. The molecule has 0 N–H and O–H groups in total. The third kappa shape index (κ3) is 3.03. The van der Waals surface area contributed by atoms with Crippen molar-refractivity contribution >= 4 is 11.5 Å². The second-order valence-electron chi connectivity index (χ2n) is 4.85. The number of benzene rings is 2. The molecular weight excluding hydrogens is 290 g/mol. The van der Waals surface area contributed by atoms with Crippen molar-refractivity contribution in [1.29, 1.82) is 10.5 Å². The van der Waals surface area contributed by atoms with Crippen LogP contribution in [-0.2, 0) is 6.42 Å². The summed E-state index contributed by atoms with van der Waals surface area (Å²) in [4.78, 5) is 1.17. The molecule has 2 aromatic carbocycles. The summed E-state index contributed by atoms with van der Waals surface area (Å²) in [5, 5.41) is 17.6. The Hall–Kier alpha value is -2.95. The molecule has 3 nitrogen and oxygen atoms in total. The van der Waals surface area contributed by atoms with Crippen LogP contribution in [0.15, 0.2) is 54.6 Å². The lowest BCUT2D eigenvalue weighted by Gasteiger charge is -1.98. The van der Waals surface area contributed by atoms with Crippen LogP contribution in [-0.4, -0.2) is 4.37 Å². The molecule has 22 heavy (non-hydrogen) atoms. The Morgan fingerprint density at radius 1 is 0.864 bits per heavy atom. The minimum atomic E-state index is 0.650. The number of hydrogen-bond donors (Lipinski definition) is 0. The highest BCUT2D eigenvalue weighted by Crippen LogP contribution is 2.24. The molecule has 0 aliphatic rings. The summed E-state index contributed by atoms with van der Waals surface area (Å²) < 4.78 is 4.48. The van der Waals surface area contributed by atoms with E-state index in [2.05, 4.69) is 22.6 Å². The normalized spacial score (nSPS) is 9.91. The summed E-state index contributed by atoms with van der Waals surface area (Å²) in [6.45, 7) is 0. The van der Waals surface area contributed by atoms with Crippen molar-refractivity contribution < 1.29 is 0 Å². The molecule has 0 atom stereocenters. The van der Waals surface area contributed by atoms with Crippen molar-refractivity contribution in [3.05, 3.63) is 76.2 Å². The van der Waals surface area contributed by atoms with Gasteiger partial charge in [-0.15, -0.1) is 0 Å². The lowest BCUT2D eigenvalue weighted by molar-refractivity contribution is 1.24. The predicted molar refractivity (Wildman–Crippen MR) is 86.2 cm³/mol. The number of rotatable bonds is 3. The Bertz CT molecular complexity index is 862. The van der Waals surface area contributed by atoms with E-state index in [-0.39, 0.29) is 0 Å². The number of hydrogen-bond acceptors (Lipinski definition) is 4. The smallest absolute Gasteiger partial charge is 0.0991 e.